The van der Waals surface area contributed by atoms with Crippen molar-refractivity contribution in [2.24, 2.45) is 0 Å². The number of pyridine rings is 1. The summed E-state index contributed by atoms with van der Waals surface area (Å²) in [5.41, 5.74) is 0.734. The fourth-order valence-corrected chi connectivity index (χ4v) is 2.82. The molecular weight excluding hydrogens is 363 g/mol. The second kappa shape index (κ2) is 9.23. The first-order valence-electron chi connectivity index (χ1n) is 8.96. The Kier molecular flexibility index (Phi) is 6.49. The molecule has 146 valence electrons. The number of benzene rings is 1. The van der Waals surface area contributed by atoms with Crippen LogP contribution in [0.1, 0.15) is 23.0 Å². The van der Waals surface area contributed by atoms with Crippen molar-refractivity contribution in [1.82, 2.24) is 9.88 Å². The molecule has 1 saturated heterocycles. The lowest BCUT2D eigenvalue weighted by molar-refractivity contribution is -0.134. The number of nitrogens with zero attached hydrogens (tertiary/aromatic N) is 2. The first-order valence-corrected chi connectivity index (χ1v) is 8.96. The van der Waals surface area contributed by atoms with E-state index in [0.717, 1.165) is 0 Å². The van der Waals surface area contributed by atoms with Crippen LogP contribution < -0.4 is 4.74 Å². The van der Waals surface area contributed by atoms with Gasteiger partial charge in [-0.05, 0) is 37.3 Å². The van der Waals surface area contributed by atoms with E-state index in [2.05, 4.69) is 4.98 Å². The summed E-state index contributed by atoms with van der Waals surface area (Å²) in [6.07, 6.45) is 4.50. The predicted molar refractivity (Wildman–Crippen MR) is 101 cm³/mol. The van der Waals surface area contributed by atoms with Gasteiger partial charge >= 0.3 is 0 Å². The number of hydrogen-bond acceptors (Lipinski definition) is 5. The minimum Gasteiger partial charge on any atom is -0.491 e. The fraction of sp³-hybridized carbons (Fsp3) is 0.286. The lowest BCUT2D eigenvalue weighted by atomic mass is 10.1. The fourth-order valence-electron chi connectivity index (χ4n) is 2.82. The Morgan fingerprint density at radius 1 is 1.36 bits per heavy atom. The number of Topliss-reactive ketones (excluding diaryl/α,β-unsaturated/α-hetero) is 1. The molecule has 1 aromatic heterocycles. The van der Waals surface area contributed by atoms with Crippen LogP contribution in [0.5, 0.6) is 5.75 Å². The first-order chi connectivity index (χ1) is 13.5. The molecule has 7 heteroatoms. The maximum absolute atomic E-state index is 13.9. The smallest absolute Gasteiger partial charge is 0.246 e. The summed E-state index contributed by atoms with van der Waals surface area (Å²) in [5, 5.41) is 0. The monoisotopic (exact) mass is 384 g/mol. The minimum atomic E-state index is -0.619. The molecule has 1 aromatic carbocycles. The summed E-state index contributed by atoms with van der Waals surface area (Å²) < 4.78 is 25.1. The Morgan fingerprint density at radius 3 is 2.93 bits per heavy atom. The first kappa shape index (κ1) is 19.7. The highest BCUT2D eigenvalue weighted by Crippen LogP contribution is 2.18. The Labute approximate surface area is 162 Å². The summed E-state index contributed by atoms with van der Waals surface area (Å²) in [4.78, 5) is 29.5. The van der Waals surface area contributed by atoms with Crippen molar-refractivity contribution in [3.05, 3.63) is 65.7 Å². The molecule has 1 fully saturated rings. The predicted octanol–water partition coefficient (Wildman–Crippen LogP) is 2.74. The molecule has 0 bridgehead atoms. The van der Waals surface area contributed by atoms with Crippen LogP contribution in [0.25, 0.3) is 6.08 Å². The highest BCUT2D eigenvalue weighted by Gasteiger charge is 2.23. The number of halogens is 1. The van der Waals surface area contributed by atoms with E-state index in [1.165, 1.54) is 25.1 Å². The van der Waals surface area contributed by atoms with Gasteiger partial charge in [-0.2, -0.15) is 0 Å². The van der Waals surface area contributed by atoms with Gasteiger partial charge in [0.05, 0.1) is 24.4 Å². The molecule has 0 spiro atoms. The van der Waals surface area contributed by atoms with Crippen molar-refractivity contribution >= 4 is 17.8 Å². The van der Waals surface area contributed by atoms with E-state index in [9.17, 15) is 14.0 Å². The summed E-state index contributed by atoms with van der Waals surface area (Å²) in [5.74, 6) is -0.779. The molecular formula is C21H21FN2O4. The largest absolute Gasteiger partial charge is 0.491 e. The van der Waals surface area contributed by atoms with E-state index in [-0.39, 0.29) is 30.0 Å². The zero-order valence-electron chi connectivity index (χ0n) is 15.5. The van der Waals surface area contributed by atoms with Crippen molar-refractivity contribution < 1.29 is 23.5 Å². The molecule has 1 atom stereocenters. The van der Waals surface area contributed by atoms with E-state index < -0.39 is 5.82 Å². The molecule has 0 saturated carbocycles. The Balaban J connectivity index is 1.53. The highest BCUT2D eigenvalue weighted by molar-refractivity contribution is 5.94. The highest BCUT2D eigenvalue weighted by atomic mass is 19.1. The number of amides is 1. The minimum absolute atomic E-state index is 0.0257. The van der Waals surface area contributed by atoms with Crippen LogP contribution >= 0.6 is 0 Å². The summed E-state index contributed by atoms with van der Waals surface area (Å²) in [7, 11) is 0. The average Bonchev–Trinajstić information content (AvgIpc) is 2.71. The zero-order chi connectivity index (χ0) is 19.9. The van der Waals surface area contributed by atoms with Gasteiger partial charge in [0.25, 0.3) is 0 Å². The Hall–Kier alpha value is -3.06. The van der Waals surface area contributed by atoms with Crippen LogP contribution in [0.2, 0.25) is 0 Å². The number of carbonyl (C=O) groups excluding carboxylic acids is 2. The quantitative estimate of drug-likeness (QED) is 0.566. The lowest BCUT2D eigenvalue weighted by Crippen LogP contribution is -2.47. The average molecular weight is 384 g/mol. The molecule has 1 aliphatic rings. The molecule has 3 rings (SSSR count). The standard InChI is InChI=1S/C21H21FN2O4/c1-15(25)19-7-6-17(12-20(19)22)28-14-18-13-24(10-11-27-18)21(26)8-5-16-4-2-3-9-23-16/h2-9,12,18H,10-11,13-14H2,1H3. The maximum Gasteiger partial charge on any atom is 0.246 e. The van der Waals surface area contributed by atoms with Gasteiger partial charge in [-0.15, -0.1) is 0 Å². The van der Waals surface area contributed by atoms with Crippen LogP contribution in [0.4, 0.5) is 4.39 Å². The second-order valence-corrected chi connectivity index (χ2v) is 6.37. The summed E-state index contributed by atoms with van der Waals surface area (Å²) >= 11 is 0. The molecule has 0 aliphatic carbocycles. The van der Waals surface area contributed by atoms with Gasteiger partial charge in [0.1, 0.15) is 24.3 Å². The number of ether oxygens (including phenoxy) is 2. The molecule has 0 radical (unpaired) electrons. The topological polar surface area (TPSA) is 68.7 Å². The van der Waals surface area contributed by atoms with Gasteiger partial charge in [-0.1, -0.05) is 6.07 Å². The van der Waals surface area contributed by atoms with Crippen LogP contribution in [-0.4, -0.2) is 54.0 Å². The van der Waals surface area contributed by atoms with E-state index in [1.54, 1.807) is 23.2 Å². The molecule has 6 nitrogen and oxygen atoms in total. The van der Waals surface area contributed by atoms with Gasteiger partial charge in [0.15, 0.2) is 5.78 Å². The molecule has 1 unspecified atom stereocenters. The van der Waals surface area contributed by atoms with E-state index in [1.807, 2.05) is 18.2 Å². The van der Waals surface area contributed by atoms with Crippen molar-refractivity contribution in [2.75, 3.05) is 26.3 Å². The van der Waals surface area contributed by atoms with E-state index in [0.29, 0.717) is 31.1 Å². The van der Waals surface area contributed by atoms with Crippen molar-refractivity contribution in [1.29, 1.82) is 0 Å². The van der Waals surface area contributed by atoms with Gasteiger partial charge < -0.3 is 14.4 Å². The molecule has 0 N–H and O–H groups in total. The van der Waals surface area contributed by atoms with Gasteiger partial charge in [-0.3, -0.25) is 14.6 Å². The third-order valence-corrected chi connectivity index (χ3v) is 4.29. The number of rotatable bonds is 6. The van der Waals surface area contributed by atoms with E-state index >= 15 is 0 Å². The number of aromatic nitrogens is 1. The van der Waals surface area contributed by atoms with E-state index in [4.69, 9.17) is 9.47 Å². The number of carbonyl (C=O) groups is 2. The van der Waals surface area contributed by atoms with Crippen LogP contribution in [0.15, 0.2) is 48.7 Å². The maximum atomic E-state index is 13.9. The summed E-state index contributed by atoms with van der Waals surface area (Å²) in [6, 6.07) is 9.60. The molecule has 2 aromatic rings. The van der Waals surface area contributed by atoms with Crippen LogP contribution in [-0.2, 0) is 9.53 Å². The molecule has 1 aliphatic heterocycles. The third kappa shape index (κ3) is 5.23. The molecule has 2 heterocycles. The Bertz CT molecular complexity index is 870. The molecule has 1 amide bonds. The van der Waals surface area contributed by atoms with Crippen molar-refractivity contribution in [2.45, 2.75) is 13.0 Å². The number of hydrogen-bond donors (Lipinski definition) is 0. The van der Waals surface area contributed by atoms with Gasteiger partial charge in [-0.25, -0.2) is 4.39 Å². The zero-order valence-corrected chi connectivity index (χ0v) is 15.5. The number of morpholine rings is 1. The second-order valence-electron chi connectivity index (χ2n) is 6.37. The lowest BCUT2D eigenvalue weighted by Gasteiger charge is -2.32. The van der Waals surface area contributed by atoms with Crippen molar-refractivity contribution in [3.63, 3.8) is 0 Å². The normalized spacial score (nSPS) is 16.9. The third-order valence-electron chi connectivity index (χ3n) is 4.29. The van der Waals surface area contributed by atoms with Gasteiger partial charge in [0, 0.05) is 24.9 Å². The van der Waals surface area contributed by atoms with Gasteiger partial charge in [0.2, 0.25) is 5.91 Å². The van der Waals surface area contributed by atoms with Crippen molar-refractivity contribution in [3.8, 4) is 5.75 Å². The number of ketones is 1. The van der Waals surface area contributed by atoms with Crippen LogP contribution in [0, 0.1) is 5.82 Å². The van der Waals surface area contributed by atoms with Crippen LogP contribution in [0.3, 0.4) is 0 Å². The molecule has 28 heavy (non-hydrogen) atoms. The Morgan fingerprint density at radius 2 is 2.21 bits per heavy atom. The summed E-state index contributed by atoms with van der Waals surface area (Å²) in [6.45, 7) is 2.74. The SMILES string of the molecule is CC(=O)c1ccc(OCC2CN(C(=O)C=Cc3ccccn3)CCO2)cc1F.